The third-order valence-corrected chi connectivity index (χ3v) is 4.25. The minimum absolute atomic E-state index is 0.746. The summed E-state index contributed by atoms with van der Waals surface area (Å²) in [5, 5.41) is 0.746. The van der Waals surface area contributed by atoms with Gasteiger partial charge in [-0.1, -0.05) is 18.5 Å². The molecule has 0 bridgehead atoms. The first kappa shape index (κ1) is 14.5. The normalized spacial score (nSPS) is 11.2. The van der Waals surface area contributed by atoms with Gasteiger partial charge in [-0.3, -0.25) is 0 Å². The van der Waals surface area contributed by atoms with E-state index in [4.69, 9.17) is 11.6 Å². The molecular formula is C16H16BrClN3+. The molecule has 0 amide bonds. The quantitative estimate of drug-likeness (QED) is 0.673. The Morgan fingerprint density at radius 3 is 2.86 bits per heavy atom. The van der Waals surface area contributed by atoms with Gasteiger partial charge in [0.2, 0.25) is 0 Å². The maximum absolute atomic E-state index is 6.17. The number of imidazole rings is 1. The van der Waals surface area contributed by atoms with Gasteiger partial charge < -0.3 is 4.98 Å². The van der Waals surface area contributed by atoms with Gasteiger partial charge in [-0.05, 0) is 46.6 Å². The summed E-state index contributed by atoms with van der Waals surface area (Å²) in [6.07, 6.45) is 5.28. The molecule has 0 unspecified atom stereocenters. The first-order valence-corrected chi connectivity index (χ1v) is 8.10. The summed E-state index contributed by atoms with van der Waals surface area (Å²) in [7, 11) is 0. The van der Waals surface area contributed by atoms with Crippen LogP contribution in [0.3, 0.4) is 0 Å². The summed E-state index contributed by atoms with van der Waals surface area (Å²) in [5.74, 6) is 0.859. The van der Waals surface area contributed by atoms with E-state index >= 15 is 0 Å². The summed E-state index contributed by atoms with van der Waals surface area (Å²) in [6.45, 7) is 5.15. The second-order valence-corrected chi connectivity index (χ2v) is 6.51. The van der Waals surface area contributed by atoms with E-state index in [9.17, 15) is 0 Å². The van der Waals surface area contributed by atoms with Crippen LogP contribution >= 0.6 is 27.5 Å². The molecule has 108 valence electrons. The molecular weight excluding hydrogens is 350 g/mol. The maximum Gasteiger partial charge on any atom is 0.183 e. The average Bonchev–Trinajstić information content (AvgIpc) is 2.82. The van der Waals surface area contributed by atoms with Crippen molar-refractivity contribution in [3.8, 4) is 11.4 Å². The highest BCUT2D eigenvalue weighted by molar-refractivity contribution is 9.10. The number of nitrogens with one attached hydrogen (secondary N) is 1. The van der Waals surface area contributed by atoms with E-state index < -0.39 is 0 Å². The number of benzene rings is 1. The molecule has 5 heteroatoms. The van der Waals surface area contributed by atoms with Gasteiger partial charge in [0, 0.05) is 11.4 Å². The van der Waals surface area contributed by atoms with Crippen molar-refractivity contribution in [2.75, 3.05) is 0 Å². The van der Waals surface area contributed by atoms with Gasteiger partial charge in [0.05, 0.1) is 21.1 Å². The molecule has 1 aromatic carbocycles. The standard InChI is InChI=1S/C16H16BrClN3/c1-3-4-21-8-11(6-12(17)9-21)16-19-14-5-10(2)13(18)7-15(14)20-16/h5-9H,3-4H2,1-2H3,(H,19,20)/q+1. The van der Waals surface area contributed by atoms with Crippen molar-refractivity contribution in [2.45, 2.75) is 26.8 Å². The largest absolute Gasteiger partial charge is 0.338 e. The summed E-state index contributed by atoms with van der Waals surface area (Å²) in [4.78, 5) is 8.03. The van der Waals surface area contributed by atoms with Crippen molar-refractivity contribution in [3.05, 3.63) is 45.7 Å². The van der Waals surface area contributed by atoms with E-state index in [1.165, 1.54) is 0 Å². The van der Waals surface area contributed by atoms with E-state index in [0.717, 1.165) is 50.4 Å². The lowest BCUT2D eigenvalue weighted by Gasteiger charge is -1.99. The van der Waals surface area contributed by atoms with Crippen LogP contribution in [0, 0.1) is 6.92 Å². The van der Waals surface area contributed by atoms with E-state index in [1.807, 2.05) is 19.1 Å². The number of aromatic nitrogens is 3. The molecule has 0 aliphatic heterocycles. The number of rotatable bonds is 3. The van der Waals surface area contributed by atoms with Gasteiger partial charge in [-0.25, -0.2) is 9.55 Å². The van der Waals surface area contributed by atoms with Crippen molar-refractivity contribution < 1.29 is 4.57 Å². The Labute approximate surface area is 137 Å². The number of pyridine rings is 1. The second-order valence-electron chi connectivity index (χ2n) is 5.18. The fourth-order valence-electron chi connectivity index (χ4n) is 2.39. The van der Waals surface area contributed by atoms with Gasteiger partial charge in [-0.2, -0.15) is 0 Å². The lowest BCUT2D eigenvalue weighted by atomic mass is 10.2. The molecule has 3 rings (SSSR count). The number of hydrogen-bond donors (Lipinski definition) is 1. The summed E-state index contributed by atoms with van der Waals surface area (Å²) < 4.78 is 3.22. The van der Waals surface area contributed by atoms with Crippen LogP contribution in [-0.4, -0.2) is 9.97 Å². The van der Waals surface area contributed by atoms with Crippen molar-refractivity contribution in [2.24, 2.45) is 0 Å². The Morgan fingerprint density at radius 1 is 1.29 bits per heavy atom. The molecule has 3 aromatic rings. The zero-order valence-electron chi connectivity index (χ0n) is 12.0. The van der Waals surface area contributed by atoms with Crippen LogP contribution in [0.15, 0.2) is 35.1 Å². The van der Waals surface area contributed by atoms with Crippen LogP contribution in [0.25, 0.3) is 22.4 Å². The first-order valence-electron chi connectivity index (χ1n) is 6.92. The molecule has 0 saturated heterocycles. The average molecular weight is 366 g/mol. The lowest BCUT2D eigenvalue weighted by Crippen LogP contribution is -2.32. The molecule has 0 atom stereocenters. The summed E-state index contributed by atoms with van der Waals surface area (Å²) in [6, 6.07) is 6.01. The summed E-state index contributed by atoms with van der Waals surface area (Å²) in [5.41, 5.74) is 4.01. The Hall–Kier alpha value is -1.39. The second kappa shape index (κ2) is 5.78. The fourth-order valence-corrected chi connectivity index (χ4v) is 3.06. The fraction of sp³-hybridized carbons (Fsp3) is 0.250. The van der Waals surface area contributed by atoms with Crippen LogP contribution in [0.1, 0.15) is 18.9 Å². The molecule has 2 heterocycles. The molecule has 0 fully saturated rings. The molecule has 3 nitrogen and oxygen atoms in total. The van der Waals surface area contributed by atoms with E-state index in [1.54, 1.807) is 0 Å². The SMILES string of the molecule is CCC[n+]1cc(Br)cc(-c2nc3cc(Cl)c(C)cc3[nH]2)c1. The minimum Gasteiger partial charge on any atom is -0.338 e. The zero-order chi connectivity index (χ0) is 15.0. The highest BCUT2D eigenvalue weighted by Gasteiger charge is 2.12. The molecule has 0 aliphatic rings. The molecule has 0 spiro atoms. The number of halogens is 2. The molecule has 0 saturated carbocycles. The molecule has 0 aliphatic carbocycles. The van der Waals surface area contributed by atoms with Crippen molar-refractivity contribution in [3.63, 3.8) is 0 Å². The minimum atomic E-state index is 0.746. The number of aromatic amines is 1. The molecule has 21 heavy (non-hydrogen) atoms. The highest BCUT2D eigenvalue weighted by Crippen LogP contribution is 2.26. The monoisotopic (exact) mass is 364 g/mol. The third kappa shape index (κ3) is 2.97. The van der Waals surface area contributed by atoms with Crippen LogP contribution < -0.4 is 4.57 Å². The van der Waals surface area contributed by atoms with Crippen LogP contribution in [0.4, 0.5) is 0 Å². The molecule has 2 aromatic heterocycles. The third-order valence-electron chi connectivity index (χ3n) is 3.40. The highest BCUT2D eigenvalue weighted by atomic mass is 79.9. The van der Waals surface area contributed by atoms with Crippen LogP contribution in [-0.2, 0) is 6.54 Å². The van der Waals surface area contributed by atoms with E-state index in [0.29, 0.717) is 0 Å². The van der Waals surface area contributed by atoms with Crippen LogP contribution in [0.2, 0.25) is 5.02 Å². The number of hydrogen-bond acceptors (Lipinski definition) is 1. The van der Waals surface area contributed by atoms with Crippen molar-refractivity contribution in [1.29, 1.82) is 0 Å². The van der Waals surface area contributed by atoms with Gasteiger partial charge in [-0.15, -0.1) is 0 Å². The smallest absolute Gasteiger partial charge is 0.183 e. The summed E-state index contributed by atoms with van der Waals surface area (Å²) >= 11 is 9.73. The Kier molecular flexibility index (Phi) is 4.00. The number of fused-ring (bicyclic) bond motifs is 1. The van der Waals surface area contributed by atoms with E-state index in [-0.39, 0.29) is 0 Å². The number of H-pyrrole nitrogens is 1. The Morgan fingerprint density at radius 2 is 2.10 bits per heavy atom. The van der Waals surface area contributed by atoms with Gasteiger partial charge in [0.1, 0.15) is 12.4 Å². The number of nitrogens with zero attached hydrogens (tertiary/aromatic N) is 2. The topological polar surface area (TPSA) is 32.6 Å². The van der Waals surface area contributed by atoms with Gasteiger partial charge in [0.15, 0.2) is 12.4 Å². The van der Waals surface area contributed by atoms with Crippen molar-refractivity contribution >= 4 is 38.6 Å². The van der Waals surface area contributed by atoms with E-state index in [2.05, 4.69) is 55.8 Å². The first-order chi connectivity index (χ1) is 10.1. The van der Waals surface area contributed by atoms with Crippen molar-refractivity contribution in [1.82, 2.24) is 9.97 Å². The molecule has 1 N–H and O–H groups in total. The van der Waals surface area contributed by atoms with Gasteiger partial charge in [0.25, 0.3) is 0 Å². The maximum atomic E-state index is 6.17. The Bertz CT molecular complexity index is 772. The molecule has 0 radical (unpaired) electrons. The number of aryl methyl sites for hydroxylation is 2. The zero-order valence-corrected chi connectivity index (χ0v) is 14.3. The predicted octanol–water partition coefficient (Wildman–Crippen LogP) is 4.65. The predicted molar refractivity (Wildman–Crippen MR) is 89.5 cm³/mol. The van der Waals surface area contributed by atoms with Gasteiger partial charge >= 0.3 is 0 Å². The van der Waals surface area contributed by atoms with Crippen LogP contribution in [0.5, 0.6) is 0 Å². The Balaban J connectivity index is 2.11. The lowest BCUT2D eigenvalue weighted by molar-refractivity contribution is -0.697.